The lowest BCUT2D eigenvalue weighted by Crippen LogP contribution is -2.45. The average Bonchev–Trinajstić information content (AvgIpc) is 3.12. The fourth-order valence-corrected chi connectivity index (χ4v) is 3.58. The Morgan fingerprint density at radius 1 is 1.35 bits per heavy atom. The zero-order valence-electron chi connectivity index (χ0n) is 14.3. The molecule has 13 heteroatoms. The molecule has 1 aliphatic rings. The van der Waals surface area contributed by atoms with Crippen molar-refractivity contribution < 1.29 is 33.1 Å². The van der Waals surface area contributed by atoms with E-state index in [-0.39, 0.29) is 12.4 Å². The Morgan fingerprint density at radius 3 is 2.69 bits per heavy atom. The Morgan fingerprint density at radius 2 is 2.08 bits per heavy atom. The van der Waals surface area contributed by atoms with Crippen molar-refractivity contribution in [1.82, 2.24) is 19.5 Å². The number of nitrogens with zero attached hydrogens (tertiary/aromatic N) is 4. The molecule has 2 aromatic heterocycles. The molecule has 0 amide bonds. The number of anilines is 1. The zero-order chi connectivity index (χ0) is 19.1. The second kappa shape index (κ2) is 6.82. The molecule has 1 fully saturated rings. The van der Waals surface area contributed by atoms with Crippen molar-refractivity contribution in [3.63, 3.8) is 0 Å². The molecule has 0 saturated carbocycles. The summed E-state index contributed by atoms with van der Waals surface area (Å²) in [6.45, 7) is 1.34. The summed E-state index contributed by atoms with van der Waals surface area (Å²) < 4.78 is 34.3. The molecule has 2 aromatic rings. The minimum absolute atomic E-state index is 0.217. The van der Waals surface area contributed by atoms with Gasteiger partial charge in [0.1, 0.15) is 30.2 Å². The monoisotopic (exact) mass is 389 g/mol. The van der Waals surface area contributed by atoms with Gasteiger partial charge in [0.15, 0.2) is 17.2 Å². The van der Waals surface area contributed by atoms with E-state index >= 15 is 0 Å². The summed E-state index contributed by atoms with van der Waals surface area (Å²) in [6.07, 6.45) is 0.678. The van der Waals surface area contributed by atoms with Gasteiger partial charge in [-0.05, 0) is 6.92 Å². The van der Waals surface area contributed by atoms with E-state index in [1.54, 1.807) is 11.5 Å². The van der Waals surface area contributed by atoms with Crippen LogP contribution in [0.3, 0.4) is 0 Å². The molecule has 3 rings (SSSR count). The van der Waals surface area contributed by atoms with Crippen LogP contribution < -0.4 is 5.73 Å². The van der Waals surface area contributed by atoms with Crippen molar-refractivity contribution >= 4 is 24.8 Å². The molecule has 0 aromatic carbocycles. The van der Waals surface area contributed by atoms with E-state index < -0.39 is 31.9 Å². The first kappa shape index (κ1) is 19.1. The second-order valence-electron chi connectivity index (χ2n) is 5.90. The highest BCUT2D eigenvalue weighted by Crippen LogP contribution is 2.42. The average molecular weight is 389 g/mol. The predicted molar refractivity (Wildman–Crippen MR) is 87.8 cm³/mol. The summed E-state index contributed by atoms with van der Waals surface area (Å²) in [7, 11) is -1.74. The van der Waals surface area contributed by atoms with Crippen LogP contribution in [-0.4, -0.2) is 68.4 Å². The van der Waals surface area contributed by atoms with Gasteiger partial charge >= 0.3 is 7.82 Å². The van der Waals surface area contributed by atoms with E-state index in [9.17, 15) is 4.57 Å². The van der Waals surface area contributed by atoms with Crippen LogP contribution in [0, 0.1) is 0 Å². The Labute approximate surface area is 148 Å². The summed E-state index contributed by atoms with van der Waals surface area (Å²) in [5.74, 6) is 0.217. The van der Waals surface area contributed by atoms with E-state index in [4.69, 9.17) is 29.7 Å². The fraction of sp³-hybridized carbons (Fsp3) is 0.615. The maximum absolute atomic E-state index is 11.0. The molecule has 26 heavy (non-hydrogen) atoms. The van der Waals surface area contributed by atoms with Crippen LogP contribution in [0.5, 0.6) is 0 Å². The Bertz CT molecular complexity index is 841. The van der Waals surface area contributed by atoms with Gasteiger partial charge in [0.2, 0.25) is 0 Å². The largest absolute Gasteiger partial charge is 0.469 e. The smallest absolute Gasteiger partial charge is 0.382 e. The molecule has 1 saturated heterocycles. The topological polar surface area (TPSA) is 164 Å². The fourth-order valence-electron chi connectivity index (χ4n) is 3.24. The van der Waals surface area contributed by atoms with Crippen molar-refractivity contribution in [1.29, 1.82) is 0 Å². The van der Waals surface area contributed by atoms with Gasteiger partial charge in [0.25, 0.3) is 0 Å². The van der Waals surface area contributed by atoms with E-state index in [1.165, 1.54) is 26.9 Å². The molecule has 4 atom stereocenters. The normalized spacial score (nSPS) is 29.5. The van der Waals surface area contributed by atoms with E-state index in [1.807, 2.05) is 0 Å². The molecule has 1 aliphatic heterocycles. The molecule has 144 valence electrons. The molecule has 1 unspecified atom stereocenters. The van der Waals surface area contributed by atoms with Crippen molar-refractivity contribution in [2.45, 2.75) is 31.0 Å². The quantitative estimate of drug-likeness (QED) is 0.552. The third-order valence-corrected chi connectivity index (χ3v) is 4.84. The standard InChI is InChI=1S/C13H20N5O7P/c1-13(18-6-17-8-11(14)15-5-16-12(8)18)10(23-3)9(22-2)7(25-13)4-24-26(19,20)21/h5-7,9-10H,4H2,1-3H3,(H2,14,15,16)(H2,19,20,21)/t7-,9?,10+,13-/m1/s1. The number of ether oxygens (including phenoxy) is 3. The first-order chi connectivity index (χ1) is 12.2. The van der Waals surface area contributed by atoms with Gasteiger partial charge in [-0.15, -0.1) is 0 Å². The summed E-state index contributed by atoms with van der Waals surface area (Å²) in [4.78, 5) is 30.2. The first-order valence-electron chi connectivity index (χ1n) is 7.58. The molecule has 4 N–H and O–H groups in total. The molecule has 3 heterocycles. The second-order valence-corrected chi connectivity index (χ2v) is 7.14. The van der Waals surface area contributed by atoms with Gasteiger partial charge in [0.05, 0.1) is 12.9 Å². The number of rotatable bonds is 6. The number of methoxy groups -OCH3 is 2. The van der Waals surface area contributed by atoms with Crippen LogP contribution in [0.1, 0.15) is 6.92 Å². The minimum atomic E-state index is -4.66. The molecule has 0 aliphatic carbocycles. The van der Waals surface area contributed by atoms with Crippen molar-refractivity contribution in [2.75, 3.05) is 26.6 Å². The van der Waals surface area contributed by atoms with Crippen LogP contribution in [-0.2, 0) is 29.0 Å². The van der Waals surface area contributed by atoms with E-state index in [0.29, 0.717) is 11.2 Å². The third kappa shape index (κ3) is 3.21. The molecule has 0 radical (unpaired) electrons. The Kier molecular flexibility index (Phi) is 5.01. The highest BCUT2D eigenvalue weighted by molar-refractivity contribution is 7.46. The van der Waals surface area contributed by atoms with Crippen molar-refractivity contribution in [3.05, 3.63) is 12.7 Å². The maximum Gasteiger partial charge on any atom is 0.469 e. The lowest BCUT2D eigenvalue weighted by atomic mass is 10.0. The minimum Gasteiger partial charge on any atom is -0.382 e. The Hall–Kier alpha value is -1.66. The molecule has 0 spiro atoms. The van der Waals surface area contributed by atoms with Gasteiger partial charge in [-0.3, -0.25) is 9.09 Å². The number of hydrogen-bond acceptors (Lipinski definition) is 9. The lowest BCUT2D eigenvalue weighted by Gasteiger charge is -2.32. The number of phosphoric ester groups is 1. The van der Waals surface area contributed by atoms with Crippen LogP contribution in [0.4, 0.5) is 5.82 Å². The summed E-state index contributed by atoms with van der Waals surface area (Å²) in [5, 5.41) is 0. The van der Waals surface area contributed by atoms with Gasteiger partial charge < -0.3 is 29.7 Å². The van der Waals surface area contributed by atoms with Crippen molar-refractivity contribution in [2.24, 2.45) is 0 Å². The van der Waals surface area contributed by atoms with E-state index in [0.717, 1.165) is 0 Å². The highest BCUT2D eigenvalue weighted by Gasteiger charge is 2.55. The first-order valence-corrected chi connectivity index (χ1v) is 9.11. The number of fused-ring (bicyclic) bond motifs is 1. The van der Waals surface area contributed by atoms with Crippen LogP contribution in [0.2, 0.25) is 0 Å². The molecule has 0 bridgehead atoms. The van der Waals surface area contributed by atoms with Crippen LogP contribution in [0.25, 0.3) is 11.2 Å². The maximum atomic E-state index is 11.0. The lowest BCUT2D eigenvalue weighted by molar-refractivity contribution is -0.140. The summed E-state index contributed by atoms with van der Waals surface area (Å²) in [6, 6.07) is 0. The highest BCUT2D eigenvalue weighted by atomic mass is 31.2. The molecular formula is C13H20N5O7P. The number of hydrogen-bond donors (Lipinski definition) is 3. The van der Waals surface area contributed by atoms with Crippen molar-refractivity contribution in [3.8, 4) is 0 Å². The van der Waals surface area contributed by atoms with Crippen LogP contribution >= 0.6 is 7.82 Å². The van der Waals surface area contributed by atoms with Gasteiger partial charge in [-0.2, -0.15) is 0 Å². The van der Waals surface area contributed by atoms with E-state index in [2.05, 4.69) is 19.5 Å². The number of imidazole rings is 1. The summed E-state index contributed by atoms with van der Waals surface area (Å²) in [5.41, 5.74) is 5.50. The SMILES string of the molecule is COC1[C@@H](COP(=O)(O)O)O[C@@](C)(n2cnc3c(N)ncnc32)[C@H]1OC. The van der Waals surface area contributed by atoms with Crippen LogP contribution in [0.15, 0.2) is 12.7 Å². The van der Waals surface area contributed by atoms with Gasteiger partial charge in [0, 0.05) is 14.2 Å². The number of phosphoric acid groups is 1. The Balaban J connectivity index is 2.00. The zero-order valence-corrected chi connectivity index (χ0v) is 15.2. The van der Waals surface area contributed by atoms with Gasteiger partial charge in [-0.25, -0.2) is 19.5 Å². The predicted octanol–water partition coefficient (Wildman–Crippen LogP) is -0.381. The molecular weight excluding hydrogens is 369 g/mol. The number of nitrogen functional groups attached to an aromatic ring is 1. The third-order valence-electron chi connectivity index (χ3n) is 4.36. The summed E-state index contributed by atoms with van der Waals surface area (Å²) >= 11 is 0. The number of aromatic nitrogens is 4. The number of nitrogens with two attached hydrogens (primary N) is 1. The van der Waals surface area contributed by atoms with Gasteiger partial charge in [-0.1, -0.05) is 0 Å². The molecule has 12 nitrogen and oxygen atoms in total.